The molecule has 0 spiro atoms. The molecule has 4 rings (SSSR count). The Labute approximate surface area is 170 Å². The Bertz CT molecular complexity index is 993. The van der Waals surface area contributed by atoms with Crippen LogP contribution in [0.5, 0.6) is 0 Å². The first kappa shape index (κ1) is 19.6. The number of carbonyl (C=O) groups excluding carboxylic acids is 1. The molecule has 0 radical (unpaired) electrons. The molecule has 3 heterocycles. The number of hydrogen-bond donors (Lipinski definition) is 1. The molecule has 0 unspecified atom stereocenters. The standard InChI is InChI=1S/C23H27FN4O/c1-17-7-11-28-21(16-26-22(28)13-17)20(18-5-4-6-19(24)14-18)15-23(29)25-8-12-27-9-2-3-10-27/h4-7,11,13-14,16,20H,2-3,8-10,12,15H2,1H3,(H,25,29)/t20-/m1/s1. The maximum Gasteiger partial charge on any atom is 0.221 e. The number of halogens is 1. The maximum absolute atomic E-state index is 13.9. The number of aromatic nitrogens is 2. The Hall–Kier alpha value is -2.73. The first-order chi connectivity index (χ1) is 14.1. The van der Waals surface area contributed by atoms with Gasteiger partial charge in [0.15, 0.2) is 0 Å². The monoisotopic (exact) mass is 394 g/mol. The summed E-state index contributed by atoms with van der Waals surface area (Å²) >= 11 is 0. The molecule has 152 valence electrons. The number of likely N-dealkylation sites (tertiary alicyclic amines) is 1. The van der Waals surface area contributed by atoms with Crippen LogP contribution in [-0.2, 0) is 4.79 Å². The Kier molecular flexibility index (Phi) is 5.90. The molecule has 0 bridgehead atoms. The molecule has 0 saturated carbocycles. The third-order valence-electron chi connectivity index (χ3n) is 5.64. The lowest BCUT2D eigenvalue weighted by atomic mass is 9.92. The molecule has 1 fully saturated rings. The van der Waals surface area contributed by atoms with Gasteiger partial charge in [0.05, 0.1) is 5.69 Å². The molecule has 5 nitrogen and oxygen atoms in total. The Morgan fingerprint density at radius 2 is 2.07 bits per heavy atom. The number of amides is 1. The number of nitrogens with zero attached hydrogens (tertiary/aromatic N) is 3. The summed E-state index contributed by atoms with van der Waals surface area (Å²) in [6, 6.07) is 10.5. The third-order valence-corrected chi connectivity index (χ3v) is 5.64. The van der Waals surface area contributed by atoms with Crippen molar-refractivity contribution in [3.05, 3.63) is 71.4 Å². The smallest absolute Gasteiger partial charge is 0.221 e. The zero-order valence-electron chi connectivity index (χ0n) is 16.8. The summed E-state index contributed by atoms with van der Waals surface area (Å²) in [4.78, 5) is 19.6. The molecule has 1 aliphatic rings. The van der Waals surface area contributed by atoms with Gasteiger partial charge in [-0.2, -0.15) is 0 Å². The van der Waals surface area contributed by atoms with Crippen LogP contribution in [0.25, 0.3) is 5.65 Å². The number of carbonyl (C=O) groups is 1. The summed E-state index contributed by atoms with van der Waals surface area (Å²) in [6.07, 6.45) is 6.49. The first-order valence-electron chi connectivity index (χ1n) is 10.3. The van der Waals surface area contributed by atoms with Crippen LogP contribution in [-0.4, -0.2) is 46.4 Å². The number of rotatable bonds is 7. The van der Waals surface area contributed by atoms with Gasteiger partial charge in [0.25, 0.3) is 0 Å². The second-order valence-corrected chi connectivity index (χ2v) is 7.83. The molecule has 3 aromatic rings. The molecule has 1 aromatic carbocycles. The van der Waals surface area contributed by atoms with Crippen LogP contribution >= 0.6 is 0 Å². The number of aryl methyl sites for hydroxylation is 1. The third kappa shape index (κ3) is 4.65. The highest BCUT2D eigenvalue weighted by Gasteiger charge is 2.22. The molecular formula is C23H27FN4O. The van der Waals surface area contributed by atoms with Crippen molar-refractivity contribution in [3.8, 4) is 0 Å². The van der Waals surface area contributed by atoms with E-state index >= 15 is 0 Å². The van der Waals surface area contributed by atoms with Gasteiger partial charge in [-0.1, -0.05) is 12.1 Å². The summed E-state index contributed by atoms with van der Waals surface area (Å²) < 4.78 is 15.9. The molecule has 6 heteroatoms. The van der Waals surface area contributed by atoms with Crippen molar-refractivity contribution in [1.29, 1.82) is 0 Å². The van der Waals surface area contributed by atoms with Gasteiger partial charge in [-0.25, -0.2) is 9.37 Å². The molecule has 1 atom stereocenters. The highest BCUT2D eigenvalue weighted by molar-refractivity contribution is 5.77. The quantitative estimate of drug-likeness (QED) is 0.667. The van der Waals surface area contributed by atoms with Crippen molar-refractivity contribution in [2.45, 2.75) is 32.1 Å². The topological polar surface area (TPSA) is 49.6 Å². The van der Waals surface area contributed by atoms with E-state index < -0.39 is 0 Å². The molecule has 2 aromatic heterocycles. The SMILES string of the molecule is Cc1ccn2c([C@H](CC(=O)NCCN3CCCC3)c3cccc(F)c3)cnc2c1. The van der Waals surface area contributed by atoms with Gasteiger partial charge in [-0.05, 0) is 68.2 Å². The predicted octanol–water partition coefficient (Wildman–Crippen LogP) is 3.52. The fraction of sp³-hybridized carbons (Fsp3) is 0.391. The number of nitrogens with one attached hydrogen (secondary N) is 1. The average molecular weight is 394 g/mol. The van der Waals surface area contributed by atoms with Gasteiger partial charge in [0.1, 0.15) is 11.5 Å². The van der Waals surface area contributed by atoms with Gasteiger partial charge in [0, 0.05) is 37.8 Å². The number of fused-ring (bicyclic) bond motifs is 1. The summed E-state index contributed by atoms with van der Waals surface area (Å²) in [7, 11) is 0. The molecular weight excluding hydrogens is 367 g/mol. The lowest BCUT2D eigenvalue weighted by Crippen LogP contribution is -2.34. The molecule has 1 saturated heterocycles. The number of benzene rings is 1. The highest BCUT2D eigenvalue weighted by Crippen LogP contribution is 2.29. The molecule has 29 heavy (non-hydrogen) atoms. The van der Waals surface area contributed by atoms with E-state index in [4.69, 9.17) is 0 Å². The minimum absolute atomic E-state index is 0.0273. The van der Waals surface area contributed by atoms with Crippen molar-refractivity contribution < 1.29 is 9.18 Å². The van der Waals surface area contributed by atoms with E-state index in [1.807, 2.05) is 35.7 Å². The van der Waals surface area contributed by atoms with Crippen LogP contribution in [0, 0.1) is 12.7 Å². The van der Waals surface area contributed by atoms with Gasteiger partial charge in [-0.15, -0.1) is 0 Å². The summed E-state index contributed by atoms with van der Waals surface area (Å²) in [5, 5.41) is 3.04. The van der Waals surface area contributed by atoms with E-state index in [1.54, 1.807) is 12.3 Å². The van der Waals surface area contributed by atoms with Crippen LogP contribution in [0.4, 0.5) is 4.39 Å². The molecule has 1 aliphatic heterocycles. The highest BCUT2D eigenvalue weighted by atomic mass is 19.1. The lowest BCUT2D eigenvalue weighted by Gasteiger charge is -2.19. The van der Waals surface area contributed by atoms with Crippen molar-refractivity contribution in [2.24, 2.45) is 0 Å². The molecule has 0 aliphatic carbocycles. The van der Waals surface area contributed by atoms with Crippen molar-refractivity contribution in [1.82, 2.24) is 19.6 Å². The van der Waals surface area contributed by atoms with E-state index in [0.717, 1.165) is 42.1 Å². The Balaban J connectivity index is 1.54. The van der Waals surface area contributed by atoms with Crippen molar-refractivity contribution in [2.75, 3.05) is 26.2 Å². The average Bonchev–Trinajstić information content (AvgIpc) is 3.35. The normalized spacial score (nSPS) is 15.7. The van der Waals surface area contributed by atoms with Gasteiger partial charge >= 0.3 is 0 Å². The van der Waals surface area contributed by atoms with Crippen molar-refractivity contribution >= 4 is 11.6 Å². The summed E-state index contributed by atoms with van der Waals surface area (Å²) in [6.45, 7) is 5.77. The maximum atomic E-state index is 13.9. The van der Waals surface area contributed by atoms with Gasteiger partial charge in [-0.3, -0.25) is 4.79 Å². The van der Waals surface area contributed by atoms with Crippen LogP contribution in [0.3, 0.4) is 0 Å². The Morgan fingerprint density at radius 1 is 1.24 bits per heavy atom. The second-order valence-electron chi connectivity index (χ2n) is 7.83. The van der Waals surface area contributed by atoms with E-state index in [0.29, 0.717) is 6.54 Å². The Morgan fingerprint density at radius 3 is 2.86 bits per heavy atom. The van der Waals surface area contributed by atoms with Crippen molar-refractivity contribution in [3.63, 3.8) is 0 Å². The lowest BCUT2D eigenvalue weighted by molar-refractivity contribution is -0.121. The van der Waals surface area contributed by atoms with E-state index in [9.17, 15) is 9.18 Å². The molecule has 1 amide bonds. The fourth-order valence-corrected chi connectivity index (χ4v) is 4.09. The van der Waals surface area contributed by atoms with Crippen LogP contribution < -0.4 is 5.32 Å². The summed E-state index contributed by atoms with van der Waals surface area (Å²) in [5.41, 5.74) is 3.62. The van der Waals surface area contributed by atoms with Gasteiger partial charge in [0.2, 0.25) is 5.91 Å². The largest absolute Gasteiger partial charge is 0.355 e. The summed E-state index contributed by atoms with van der Waals surface area (Å²) in [5.74, 6) is -0.595. The zero-order valence-corrected chi connectivity index (χ0v) is 16.8. The molecule has 1 N–H and O–H groups in total. The second kappa shape index (κ2) is 8.74. The number of imidazole rings is 1. The van der Waals surface area contributed by atoms with Crippen LogP contribution in [0.1, 0.15) is 42.0 Å². The van der Waals surface area contributed by atoms with Crippen LogP contribution in [0.15, 0.2) is 48.8 Å². The minimum Gasteiger partial charge on any atom is -0.355 e. The predicted molar refractivity (Wildman–Crippen MR) is 111 cm³/mol. The zero-order chi connectivity index (χ0) is 20.2. The van der Waals surface area contributed by atoms with E-state index in [1.165, 1.54) is 25.0 Å². The van der Waals surface area contributed by atoms with E-state index in [2.05, 4.69) is 15.2 Å². The number of pyridine rings is 1. The van der Waals surface area contributed by atoms with Gasteiger partial charge < -0.3 is 14.6 Å². The fourth-order valence-electron chi connectivity index (χ4n) is 4.09. The first-order valence-corrected chi connectivity index (χ1v) is 10.3. The van der Waals surface area contributed by atoms with E-state index in [-0.39, 0.29) is 24.1 Å². The number of hydrogen-bond acceptors (Lipinski definition) is 3. The van der Waals surface area contributed by atoms with Crippen LogP contribution in [0.2, 0.25) is 0 Å². The minimum atomic E-state index is -0.299.